The molecular formula is C21H26N4O3. The summed E-state index contributed by atoms with van der Waals surface area (Å²) in [6.45, 7) is 2.26. The van der Waals surface area contributed by atoms with E-state index in [0.29, 0.717) is 12.2 Å². The minimum absolute atomic E-state index is 0.0542. The lowest BCUT2D eigenvalue weighted by atomic mass is 10.1. The summed E-state index contributed by atoms with van der Waals surface area (Å²) in [5.74, 6) is -0.601. The Morgan fingerprint density at radius 3 is 2.46 bits per heavy atom. The molecule has 28 heavy (non-hydrogen) atoms. The highest BCUT2D eigenvalue weighted by molar-refractivity contribution is 5.97. The lowest BCUT2D eigenvalue weighted by molar-refractivity contribution is -0.129. The van der Waals surface area contributed by atoms with Crippen LogP contribution in [0.1, 0.15) is 37.8 Å². The number of aromatic nitrogens is 2. The van der Waals surface area contributed by atoms with Crippen LogP contribution in [0.4, 0.5) is 5.69 Å². The number of carbonyl (C=O) groups excluding carboxylic acids is 2. The molecule has 1 aliphatic carbocycles. The van der Waals surface area contributed by atoms with Gasteiger partial charge in [0.15, 0.2) is 0 Å². The van der Waals surface area contributed by atoms with E-state index in [1.54, 1.807) is 18.7 Å². The van der Waals surface area contributed by atoms with Gasteiger partial charge in [0.05, 0.1) is 17.3 Å². The Balaban J connectivity index is 1.54. The number of likely N-dealkylation sites (tertiary alicyclic amines) is 1. The van der Waals surface area contributed by atoms with Gasteiger partial charge in [-0.3, -0.25) is 19.1 Å². The standard InChI is InChI=1S/C21H26N4O3/c1-14-19(21(28)25(23(14)2)17-10-4-3-5-11-17)22-20(27)15-12-18(26)24(13-15)16-8-6-7-9-16/h3-5,10-11,15-16H,6-9,12-13H2,1-2H3,(H,22,27)/t15-/m0/s1. The van der Waals surface area contributed by atoms with Gasteiger partial charge in [-0.2, -0.15) is 0 Å². The fourth-order valence-electron chi connectivity index (χ4n) is 4.41. The van der Waals surface area contributed by atoms with Crippen molar-refractivity contribution in [3.8, 4) is 5.69 Å². The first-order valence-electron chi connectivity index (χ1n) is 9.91. The van der Waals surface area contributed by atoms with Crippen LogP contribution in [0.2, 0.25) is 0 Å². The number of hydrogen-bond donors (Lipinski definition) is 1. The highest BCUT2D eigenvalue weighted by Crippen LogP contribution is 2.30. The van der Waals surface area contributed by atoms with Crippen LogP contribution < -0.4 is 10.9 Å². The average molecular weight is 382 g/mol. The van der Waals surface area contributed by atoms with Crippen molar-refractivity contribution in [2.75, 3.05) is 11.9 Å². The molecule has 2 amide bonds. The number of benzene rings is 1. The zero-order valence-corrected chi connectivity index (χ0v) is 16.4. The Hall–Kier alpha value is -2.83. The lowest BCUT2D eigenvalue weighted by Gasteiger charge is -2.23. The molecule has 2 fully saturated rings. The van der Waals surface area contributed by atoms with Crippen LogP contribution in [-0.4, -0.2) is 38.7 Å². The van der Waals surface area contributed by atoms with Gasteiger partial charge in [-0.25, -0.2) is 4.68 Å². The highest BCUT2D eigenvalue weighted by Gasteiger charge is 2.39. The van der Waals surface area contributed by atoms with Crippen LogP contribution in [0, 0.1) is 12.8 Å². The molecular weight excluding hydrogens is 356 g/mol. The van der Waals surface area contributed by atoms with E-state index in [2.05, 4.69) is 5.32 Å². The zero-order valence-electron chi connectivity index (χ0n) is 16.4. The molecule has 1 saturated carbocycles. The third-order valence-corrected chi connectivity index (χ3v) is 6.10. The summed E-state index contributed by atoms with van der Waals surface area (Å²) in [6, 6.07) is 9.59. The van der Waals surface area contributed by atoms with E-state index in [0.717, 1.165) is 31.4 Å². The maximum atomic E-state index is 12.9. The van der Waals surface area contributed by atoms with Crippen molar-refractivity contribution >= 4 is 17.5 Å². The maximum Gasteiger partial charge on any atom is 0.295 e. The summed E-state index contributed by atoms with van der Waals surface area (Å²) in [5.41, 5.74) is 1.43. The molecule has 7 nitrogen and oxygen atoms in total. The van der Waals surface area contributed by atoms with Crippen molar-refractivity contribution in [3.05, 3.63) is 46.4 Å². The molecule has 1 aromatic carbocycles. The number of rotatable bonds is 4. The molecule has 148 valence electrons. The quantitative estimate of drug-likeness (QED) is 0.881. The van der Waals surface area contributed by atoms with E-state index >= 15 is 0 Å². The second kappa shape index (κ2) is 7.30. The fourth-order valence-corrected chi connectivity index (χ4v) is 4.41. The highest BCUT2D eigenvalue weighted by atomic mass is 16.2. The van der Waals surface area contributed by atoms with Crippen LogP contribution in [0.5, 0.6) is 0 Å². The Bertz CT molecular complexity index is 954. The molecule has 0 unspecified atom stereocenters. The van der Waals surface area contributed by atoms with Crippen molar-refractivity contribution in [2.45, 2.75) is 45.1 Å². The summed E-state index contributed by atoms with van der Waals surface area (Å²) >= 11 is 0. The number of anilines is 1. The van der Waals surface area contributed by atoms with Crippen LogP contribution in [0.3, 0.4) is 0 Å². The van der Waals surface area contributed by atoms with Gasteiger partial charge in [-0.15, -0.1) is 0 Å². The van der Waals surface area contributed by atoms with Crippen molar-refractivity contribution in [1.29, 1.82) is 0 Å². The monoisotopic (exact) mass is 382 g/mol. The van der Waals surface area contributed by atoms with Gasteiger partial charge in [0.25, 0.3) is 5.56 Å². The number of nitrogens with one attached hydrogen (secondary N) is 1. The number of amides is 2. The minimum atomic E-state index is -0.405. The molecule has 1 aromatic heterocycles. The van der Waals surface area contributed by atoms with Crippen LogP contribution in [-0.2, 0) is 16.6 Å². The van der Waals surface area contributed by atoms with E-state index in [1.807, 2.05) is 35.2 Å². The van der Waals surface area contributed by atoms with E-state index in [9.17, 15) is 14.4 Å². The summed E-state index contributed by atoms with van der Waals surface area (Å²) < 4.78 is 3.27. The smallest absolute Gasteiger partial charge is 0.295 e. The Kier molecular flexibility index (Phi) is 4.83. The molecule has 7 heteroatoms. The normalized spacial score (nSPS) is 20.1. The molecule has 4 rings (SSSR count). The predicted octanol–water partition coefficient (Wildman–Crippen LogP) is 2.21. The molecule has 1 aliphatic heterocycles. The van der Waals surface area contributed by atoms with Gasteiger partial charge in [0.1, 0.15) is 5.69 Å². The van der Waals surface area contributed by atoms with E-state index in [-0.39, 0.29) is 35.5 Å². The molecule has 2 heterocycles. The van der Waals surface area contributed by atoms with Crippen molar-refractivity contribution in [1.82, 2.24) is 14.3 Å². The third kappa shape index (κ3) is 3.15. The number of carbonyl (C=O) groups is 2. The van der Waals surface area contributed by atoms with Crippen LogP contribution >= 0.6 is 0 Å². The number of nitrogens with zero attached hydrogens (tertiary/aromatic N) is 3. The van der Waals surface area contributed by atoms with Gasteiger partial charge in [-0.1, -0.05) is 31.0 Å². The SMILES string of the molecule is Cc1c(NC(=O)[C@H]2CC(=O)N(C3CCCC3)C2)c(=O)n(-c2ccccc2)n1C. The average Bonchev–Trinajstić information content (AvgIpc) is 3.39. The summed E-state index contributed by atoms with van der Waals surface area (Å²) in [5, 5.41) is 2.81. The second-order valence-electron chi connectivity index (χ2n) is 7.81. The predicted molar refractivity (Wildman–Crippen MR) is 106 cm³/mol. The van der Waals surface area contributed by atoms with Crippen LogP contribution in [0.25, 0.3) is 5.69 Å². The number of para-hydroxylation sites is 1. The Morgan fingerprint density at radius 2 is 1.79 bits per heavy atom. The van der Waals surface area contributed by atoms with Crippen molar-refractivity contribution in [3.63, 3.8) is 0 Å². The maximum absolute atomic E-state index is 12.9. The van der Waals surface area contributed by atoms with Gasteiger partial charge in [0.2, 0.25) is 11.8 Å². The lowest BCUT2D eigenvalue weighted by Crippen LogP contribution is -2.35. The number of hydrogen-bond acceptors (Lipinski definition) is 3. The largest absolute Gasteiger partial charge is 0.339 e. The Labute approximate surface area is 163 Å². The molecule has 1 saturated heterocycles. The fraction of sp³-hybridized carbons (Fsp3) is 0.476. The molecule has 0 spiro atoms. The van der Waals surface area contributed by atoms with Crippen LogP contribution in [0.15, 0.2) is 35.1 Å². The van der Waals surface area contributed by atoms with Gasteiger partial charge < -0.3 is 10.2 Å². The zero-order chi connectivity index (χ0) is 19.8. The van der Waals surface area contributed by atoms with Gasteiger partial charge >= 0.3 is 0 Å². The molecule has 2 aromatic rings. The topological polar surface area (TPSA) is 76.3 Å². The van der Waals surface area contributed by atoms with Crippen molar-refractivity contribution in [2.24, 2.45) is 13.0 Å². The Morgan fingerprint density at radius 1 is 1.11 bits per heavy atom. The first-order valence-corrected chi connectivity index (χ1v) is 9.91. The molecule has 0 bridgehead atoms. The summed E-state index contributed by atoms with van der Waals surface area (Å²) in [7, 11) is 1.79. The minimum Gasteiger partial charge on any atom is -0.339 e. The van der Waals surface area contributed by atoms with E-state index < -0.39 is 5.92 Å². The molecule has 1 atom stereocenters. The molecule has 1 N–H and O–H groups in total. The molecule has 0 radical (unpaired) electrons. The first kappa shape index (κ1) is 18.5. The summed E-state index contributed by atoms with van der Waals surface area (Å²) in [6.07, 6.45) is 4.57. The summed E-state index contributed by atoms with van der Waals surface area (Å²) in [4.78, 5) is 40.0. The van der Waals surface area contributed by atoms with Crippen molar-refractivity contribution < 1.29 is 9.59 Å². The first-order chi connectivity index (χ1) is 13.5. The second-order valence-corrected chi connectivity index (χ2v) is 7.81. The third-order valence-electron chi connectivity index (χ3n) is 6.10. The van der Waals surface area contributed by atoms with E-state index in [1.165, 1.54) is 4.68 Å². The van der Waals surface area contributed by atoms with Gasteiger partial charge in [-0.05, 0) is 31.9 Å². The molecule has 2 aliphatic rings. The van der Waals surface area contributed by atoms with E-state index in [4.69, 9.17) is 0 Å². The van der Waals surface area contributed by atoms with Gasteiger partial charge in [0, 0.05) is 26.1 Å².